The number of nitrogens with zero attached hydrogens (tertiary/aromatic N) is 1. The van der Waals surface area contributed by atoms with Crippen LogP contribution in [0.25, 0.3) is 0 Å². The van der Waals surface area contributed by atoms with Gasteiger partial charge in [-0.3, -0.25) is 0 Å². The third-order valence-corrected chi connectivity index (χ3v) is 3.97. The van der Waals surface area contributed by atoms with E-state index in [9.17, 15) is 13.2 Å². The van der Waals surface area contributed by atoms with Gasteiger partial charge in [-0.05, 0) is 42.9 Å². The Bertz CT molecular complexity index is 441. The number of hydrogen-bond donors (Lipinski definition) is 1. The molecule has 0 atom stereocenters. The number of aromatic nitrogens is 1. The van der Waals surface area contributed by atoms with Gasteiger partial charge >= 0.3 is 6.18 Å². The third kappa shape index (κ3) is 2.34. The molecule has 1 aromatic heterocycles. The molecule has 0 saturated heterocycles. The predicted molar refractivity (Wildman–Crippen MR) is 63.4 cm³/mol. The van der Waals surface area contributed by atoms with Crippen LogP contribution in [0, 0.1) is 0 Å². The fourth-order valence-corrected chi connectivity index (χ4v) is 2.81. The van der Waals surface area contributed by atoms with Crippen LogP contribution in [0.3, 0.4) is 0 Å². The summed E-state index contributed by atoms with van der Waals surface area (Å²) in [6.07, 6.45) is -0.317. The predicted octanol–water partition coefficient (Wildman–Crippen LogP) is 3.52. The molecule has 0 unspecified atom stereocenters. The zero-order chi connectivity index (χ0) is 13.4. The van der Waals surface area contributed by atoms with Crippen molar-refractivity contribution >= 4 is 11.6 Å². The van der Waals surface area contributed by atoms with Crippen molar-refractivity contribution in [2.24, 2.45) is 5.73 Å². The van der Waals surface area contributed by atoms with E-state index < -0.39 is 11.7 Å². The number of rotatable bonds is 3. The maximum absolute atomic E-state index is 12.7. The normalized spacial score (nSPS) is 18.5. The molecule has 0 aliphatic heterocycles. The van der Waals surface area contributed by atoms with Gasteiger partial charge in [-0.1, -0.05) is 18.0 Å². The van der Waals surface area contributed by atoms with E-state index >= 15 is 0 Å². The molecule has 1 aliphatic rings. The van der Waals surface area contributed by atoms with Crippen molar-refractivity contribution < 1.29 is 13.2 Å². The molecule has 18 heavy (non-hydrogen) atoms. The molecule has 0 amide bonds. The summed E-state index contributed by atoms with van der Waals surface area (Å²) in [6, 6.07) is 1.13. The quantitative estimate of drug-likeness (QED) is 0.859. The molecule has 1 aliphatic carbocycles. The SMILES string of the molecule is NCCC1(c2cc(C(F)(F)F)cnc2Cl)CCC1. The van der Waals surface area contributed by atoms with E-state index in [-0.39, 0.29) is 10.6 Å². The summed E-state index contributed by atoms with van der Waals surface area (Å²) in [5.74, 6) is 0. The van der Waals surface area contributed by atoms with Gasteiger partial charge < -0.3 is 5.73 Å². The van der Waals surface area contributed by atoms with E-state index in [4.69, 9.17) is 17.3 Å². The molecule has 1 fully saturated rings. The first-order valence-electron chi connectivity index (χ1n) is 5.82. The molecule has 0 spiro atoms. The first kappa shape index (κ1) is 13.6. The van der Waals surface area contributed by atoms with Gasteiger partial charge in [-0.2, -0.15) is 13.2 Å². The van der Waals surface area contributed by atoms with Crippen molar-refractivity contribution in [2.75, 3.05) is 6.54 Å². The van der Waals surface area contributed by atoms with Crippen LogP contribution in [0.1, 0.15) is 36.8 Å². The first-order chi connectivity index (χ1) is 8.39. The summed E-state index contributed by atoms with van der Waals surface area (Å²) in [5, 5.41) is 0.163. The number of alkyl halides is 3. The smallest absolute Gasteiger partial charge is 0.330 e. The average molecular weight is 279 g/mol. The van der Waals surface area contributed by atoms with Crippen LogP contribution in [0.2, 0.25) is 5.15 Å². The van der Waals surface area contributed by atoms with Crippen molar-refractivity contribution in [2.45, 2.75) is 37.3 Å². The highest BCUT2D eigenvalue weighted by Crippen LogP contribution is 2.49. The first-order valence-corrected chi connectivity index (χ1v) is 6.20. The number of pyridine rings is 1. The Morgan fingerprint density at radius 3 is 2.50 bits per heavy atom. The van der Waals surface area contributed by atoms with Crippen LogP contribution >= 0.6 is 11.6 Å². The van der Waals surface area contributed by atoms with E-state index in [1.165, 1.54) is 0 Å². The monoisotopic (exact) mass is 278 g/mol. The lowest BCUT2D eigenvalue weighted by atomic mass is 9.63. The molecule has 0 aromatic carbocycles. The molecular weight excluding hydrogens is 265 g/mol. The zero-order valence-corrected chi connectivity index (χ0v) is 10.5. The largest absolute Gasteiger partial charge is 0.417 e. The molecule has 2 nitrogen and oxygen atoms in total. The van der Waals surface area contributed by atoms with E-state index in [1.54, 1.807) is 0 Å². The Labute approximate surface area is 108 Å². The standard InChI is InChI=1S/C12H14ClF3N2/c13-10-9(11(4-5-17)2-1-3-11)6-8(7-18-10)12(14,15)16/h6-7H,1-5,17H2. The molecule has 1 aromatic rings. The minimum absolute atomic E-state index is 0.163. The maximum Gasteiger partial charge on any atom is 0.417 e. The molecule has 0 bridgehead atoms. The fraction of sp³-hybridized carbons (Fsp3) is 0.583. The van der Waals surface area contributed by atoms with Crippen LogP contribution in [0.5, 0.6) is 0 Å². The van der Waals surface area contributed by atoms with Gasteiger partial charge in [-0.15, -0.1) is 0 Å². The van der Waals surface area contributed by atoms with E-state index in [0.717, 1.165) is 31.5 Å². The van der Waals surface area contributed by atoms with Crippen molar-refractivity contribution in [3.63, 3.8) is 0 Å². The van der Waals surface area contributed by atoms with Crippen LogP contribution in [0.15, 0.2) is 12.3 Å². The van der Waals surface area contributed by atoms with Gasteiger partial charge in [0.25, 0.3) is 0 Å². The summed E-state index contributed by atoms with van der Waals surface area (Å²) in [7, 11) is 0. The Balaban J connectivity index is 2.43. The molecule has 2 N–H and O–H groups in total. The van der Waals surface area contributed by atoms with Crippen molar-refractivity contribution in [1.29, 1.82) is 0 Å². The van der Waals surface area contributed by atoms with E-state index in [0.29, 0.717) is 18.5 Å². The fourth-order valence-electron chi connectivity index (χ4n) is 2.51. The molecule has 6 heteroatoms. The molecule has 100 valence electrons. The van der Waals surface area contributed by atoms with Crippen LogP contribution in [0.4, 0.5) is 13.2 Å². The van der Waals surface area contributed by atoms with Gasteiger partial charge in [0.05, 0.1) is 5.56 Å². The Kier molecular flexibility index (Phi) is 3.56. The number of hydrogen-bond acceptors (Lipinski definition) is 2. The van der Waals surface area contributed by atoms with Crippen molar-refractivity contribution in [3.05, 3.63) is 28.5 Å². The third-order valence-electron chi connectivity index (χ3n) is 3.67. The highest BCUT2D eigenvalue weighted by atomic mass is 35.5. The zero-order valence-electron chi connectivity index (χ0n) is 9.73. The van der Waals surface area contributed by atoms with Crippen molar-refractivity contribution in [1.82, 2.24) is 4.98 Å². The lowest BCUT2D eigenvalue weighted by Gasteiger charge is -2.42. The Hall–Kier alpha value is -0.810. The maximum atomic E-state index is 12.7. The second-order valence-electron chi connectivity index (χ2n) is 4.73. The summed E-state index contributed by atoms with van der Waals surface area (Å²) < 4.78 is 38.1. The summed E-state index contributed by atoms with van der Waals surface area (Å²) in [6.45, 7) is 0.437. The van der Waals surface area contributed by atoms with E-state index in [1.807, 2.05) is 0 Å². The minimum atomic E-state index is -4.39. The topological polar surface area (TPSA) is 38.9 Å². The van der Waals surface area contributed by atoms with Gasteiger partial charge in [-0.25, -0.2) is 4.98 Å². The van der Waals surface area contributed by atoms with Crippen LogP contribution in [-0.4, -0.2) is 11.5 Å². The molecule has 1 heterocycles. The number of nitrogens with two attached hydrogens (primary N) is 1. The van der Waals surface area contributed by atoms with E-state index in [2.05, 4.69) is 4.98 Å². The summed E-state index contributed by atoms with van der Waals surface area (Å²) in [4.78, 5) is 3.68. The van der Waals surface area contributed by atoms with Crippen LogP contribution in [-0.2, 0) is 11.6 Å². The lowest BCUT2D eigenvalue weighted by molar-refractivity contribution is -0.137. The highest BCUT2D eigenvalue weighted by molar-refractivity contribution is 6.30. The second kappa shape index (κ2) is 4.70. The molecule has 0 radical (unpaired) electrons. The van der Waals surface area contributed by atoms with Crippen molar-refractivity contribution in [3.8, 4) is 0 Å². The average Bonchev–Trinajstić information content (AvgIpc) is 2.23. The lowest BCUT2D eigenvalue weighted by Crippen LogP contribution is -2.37. The molecule has 1 saturated carbocycles. The summed E-state index contributed by atoms with van der Waals surface area (Å²) in [5.41, 5.74) is 4.99. The molecular formula is C12H14ClF3N2. The van der Waals surface area contributed by atoms with Gasteiger partial charge in [0.2, 0.25) is 0 Å². The second-order valence-corrected chi connectivity index (χ2v) is 5.09. The molecule has 2 rings (SSSR count). The number of halogens is 4. The Morgan fingerprint density at radius 2 is 2.06 bits per heavy atom. The highest BCUT2D eigenvalue weighted by Gasteiger charge is 2.41. The Morgan fingerprint density at radius 1 is 1.39 bits per heavy atom. The van der Waals surface area contributed by atoms with Gasteiger partial charge in [0.15, 0.2) is 0 Å². The van der Waals surface area contributed by atoms with Gasteiger partial charge in [0.1, 0.15) is 5.15 Å². The van der Waals surface area contributed by atoms with Crippen LogP contribution < -0.4 is 5.73 Å². The van der Waals surface area contributed by atoms with Gasteiger partial charge in [0, 0.05) is 6.20 Å². The minimum Gasteiger partial charge on any atom is -0.330 e. The summed E-state index contributed by atoms with van der Waals surface area (Å²) >= 11 is 5.96.